The molecule has 1 rings (SSSR count). The molecule has 8 heteroatoms. The first-order valence-corrected chi connectivity index (χ1v) is 8.64. The van der Waals surface area contributed by atoms with Crippen LogP contribution in [-0.4, -0.2) is 58.5 Å². The average Bonchev–Trinajstić information content (AvgIpc) is 2.26. The van der Waals surface area contributed by atoms with Gasteiger partial charge in [-0.25, -0.2) is 13.1 Å². The smallest absolute Gasteiger partial charge is 0.234 e. The highest BCUT2D eigenvalue weighted by Gasteiger charge is 2.22. The summed E-state index contributed by atoms with van der Waals surface area (Å²) in [4.78, 5) is 11.7. The predicted octanol–water partition coefficient (Wildman–Crippen LogP) is -0.801. The van der Waals surface area contributed by atoms with Gasteiger partial charge in [-0.1, -0.05) is 0 Å². The molecule has 7 nitrogen and oxygen atoms in total. The van der Waals surface area contributed by atoms with Crippen molar-refractivity contribution in [1.29, 1.82) is 0 Å². The zero-order chi connectivity index (χ0) is 15.2. The monoisotopic (exact) mass is 307 g/mol. The number of hydrogen-bond donors (Lipinski definition) is 3. The Labute approximate surface area is 120 Å². The Hall–Kier alpha value is -0.700. The van der Waals surface area contributed by atoms with Crippen LogP contribution in [0.2, 0.25) is 0 Å². The largest absolute Gasteiger partial charge is 0.381 e. The van der Waals surface area contributed by atoms with Crippen molar-refractivity contribution in [3.8, 4) is 0 Å². The van der Waals surface area contributed by atoms with Crippen molar-refractivity contribution < 1.29 is 17.9 Å². The lowest BCUT2D eigenvalue weighted by Crippen LogP contribution is -2.52. The maximum absolute atomic E-state index is 11.7. The van der Waals surface area contributed by atoms with Crippen LogP contribution in [0.4, 0.5) is 0 Å². The summed E-state index contributed by atoms with van der Waals surface area (Å²) in [6, 6.07) is 0.181. The maximum atomic E-state index is 11.7. The Morgan fingerprint density at radius 1 is 1.30 bits per heavy atom. The predicted molar refractivity (Wildman–Crippen MR) is 76.9 cm³/mol. The van der Waals surface area contributed by atoms with E-state index in [1.165, 1.54) is 0 Å². The number of rotatable bonds is 7. The number of carbonyl (C=O) groups excluding carboxylic acids is 1. The van der Waals surface area contributed by atoms with E-state index in [9.17, 15) is 13.2 Å². The Kier molecular flexibility index (Phi) is 6.38. The molecule has 0 radical (unpaired) electrons. The zero-order valence-corrected chi connectivity index (χ0v) is 13.2. The molecular formula is C12H25N3O4S. The highest BCUT2D eigenvalue weighted by atomic mass is 32.2. The molecule has 1 aliphatic heterocycles. The fourth-order valence-electron chi connectivity index (χ4n) is 2.15. The summed E-state index contributed by atoms with van der Waals surface area (Å²) < 4.78 is 30.1. The third kappa shape index (κ3) is 7.78. The maximum Gasteiger partial charge on any atom is 0.234 e. The van der Waals surface area contributed by atoms with Gasteiger partial charge in [0.15, 0.2) is 0 Å². The second-order valence-electron chi connectivity index (χ2n) is 5.82. The molecule has 0 aromatic carbocycles. The van der Waals surface area contributed by atoms with Crippen molar-refractivity contribution in [2.24, 2.45) is 0 Å². The quantitative estimate of drug-likeness (QED) is 0.572. The molecular weight excluding hydrogens is 282 g/mol. The number of nitrogens with one attached hydrogen (secondary N) is 3. The lowest BCUT2D eigenvalue weighted by molar-refractivity contribution is -0.121. The molecule has 118 valence electrons. The Morgan fingerprint density at radius 2 is 1.90 bits per heavy atom. The second-order valence-corrected chi connectivity index (χ2v) is 7.56. The lowest BCUT2D eigenvalue weighted by Gasteiger charge is -2.26. The molecule has 1 saturated heterocycles. The topological polar surface area (TPSA) is 96.5 Å². The van der Waals surface area contributed by atoms with Gasteiger partial charge >= 0.3 is 0 Å². The van der Waals surface area contributed by atoms with E-state index in [4.69, 9.17) is 4.74 Å². The van der Waals surface area contributed by atoms with Crippen LogP contribution in [0.3, 0.4) is 0 Å². The van der Waals surface area contributed by atoms with Crippen molar-refractivity contribution in [3.63, 3.8) is 0 Å². The standard InChI is InChI=1S/C12H25N3O4S/c1-12(2,15-20(3,17)18)9-13-8-11(16)14-10-4-6-19-7-5-10/h10,13,15H,4-9H2,1-3H3,(H,14,16). The van der Waals surface area contributed by atoms with Gasteiger partial charge in [0.1, 0.15) is 0 Å². The van der Waals surface area contributed by atoms with Gasteiger partial charge in [0.2, 0.25) is 15.9 Å². The van der Waals surface area contributed by atoms with Crippen LogP contribution in [0.5, 0.6) is 0 Å². The van der Waals surface area contributed by atoms with Gasteiger partial charge in [0, 0.05) is 31.3 Å². The van der Waals surface area contributed by atoms with Crippen LogP contribution in [0.25, 0.3) is 0 Å². The van der Waals surface area contributed by atoms with Gasteiger partial charge in [-0.05, 0) is 26.7 Å². The minimum absolute atomic E-state index is 0.0768. The Bertz CT molecular complexity index is 416. The van der Waals surface area contributed by atoms with Crippen LogP contribution >= 0.6 is 0 Å². The molecule has 1 amide bonds. The molecule has 0 spiro atoms. The third-order valence-corrected chi connectivity index (χ3v) is 3.82. The normalized spacial score (nSPS) is 17.9. The summed E-state index contributed by atoms with van der Waals surface area (Å²) in [5.74, 6) is -0.0768. The van der Waals surface area contributed by atoms with E-state index in [1.54, 1.807) is 13.8 Å². The van der Waals surface area contributed by atoms with Gasteiger partial charge in [0.05, 0.1) is 12.8 Å². The lowest BCUT2D eigenvalue weighted by atomic mass is 10.1. The van der Waals surface area contributed by atoms with E-state index in [2.05, 4.69) is 15.4 Å². The number of ether oxygens (including phenoxy) is 1. The molecule has 1 aliphatic rings. The molecule has 1 fully saturated rings. The highest BCUT2D eigenvalue weighted by molar-refractivity contribution is 7.88. The molecule has 0 bridgehead atoms. The molecule has 0 aromatic heterocycles. The Balaban J connectivity index is 2.23. The number of amides is 1. The van der Waals surface area contributed by atoms with Crippen LogP contribution in [0, 0.1) is 0 Å². The molecule has 0 atom stereocenters. The molecule has 0 aliphatic carbocycles. The van der Waals surface area contributed by atoms with Crippen molar-refractivity contribution in [3.05, 3.63) is 0 Å². The van der Waals surface area contributed by atoms with Gasteiger partial charge in [-0.2, -0.15) is 0 Å². The fraction of sp³-hybridized carbons (Fsp3) is 0.917. The van der Waals surface area contributed by atoms with Crippen molar-refractivity contribution >= 4 is 15.9 Å². The second kappa shape index (κ2) is 7.35. The van der Waals surface area contributed by atoms with E-state index in [-0.39, 0.29) is 18.5 Å². The SMILES string of the molecule is CC(C)(CNCC(=O)NC1CCOCC1)NS(C)(=O)=O. The van der Waals surface area contributed by atoms with Crippen LogP contribution in [-0.2, 0) is 19.6 Å². The average molecular weight is 307 g/mol. The summed E-state index contributed by atoms with van der Waals surface area (Å²) >= 11 is 0. The first-order chi connectivity index (χ1) is 9.18. The van der Waals surface area contributed by atoms with Crippen LogP contribution < -0.4 is 15.4 Å². The molecule has 3 N–H and O–H groups in total. The molecule has 0 unspecified atom stereocenters. The van der Waals surface area contributed by atoms with Crippen LogP contribution in [0.1, 0.15) is 26.7 Å². The van der Waals surface area contributed by atoms with Gasteiger partial charge in [-0.3, -0.25) is 4.79 Å². The first kappa shape index (κ1) is 17.4. The third-order valence-electron chi connectivity index (χ3n) is 2.90. The van der Waals surface area contributed by atoms with E-state index in [0.29, 0.717) is 19.8 Å². The van der Waals surface area contributed by atoms with Crippen molar-refractivity contribution in [1.82, 2.24) is 15.4 Å². The van der Waals surface area contributed by atoms with Crippen molar-refractivity contribution in [2.75, 3.05) is 32.6 Å². The van der Waals surface area contributed by atoms with E-state index in [0.717, 1.165) is 19.1 Å². The molecule has 0 saturated carbocycles. The number of hydrogen-bond acceptors (Lipinski definition) is 5. The molecule has 20 heavy (non-hydrogen) atoms. The Morgan fingerprint density at radius 3 is 2.45 bits per heavy atom. The van der Waals surface area contributed by atoms with E-state index in [1.807, 2.05) is 0 Å². The molecule has 1 heterocycles. The van der Waals surface area contributed by atoms with Gasteiger partial charge < -0.3 is 15.4 Å². The van der Waals surface area contributed by atoms with E-state index >= 15 is 0 Å². The minimum Gasteiger partial charge on any atom is -0.381 e. The highest BCUT2D eigenvalue weighted by Crippen LogP contribution is 2.05. The number of sulfonamides is 1. The van der Waals surface area contributed by atoms with E-state index < -0.39 is 15.6 Å². The zero-order valence-electron chi connectivity index (χ0n) is 12.4. The minimum atomic E-state index is -3.26. The number of carbonyl (C=O) groups is 1. The fourth-order valence-corrected chi connectivity index (χ4v) is 3.22. The summed E-state index contributed by atoms with van der Waals surface area (Å²) in [6.45, 7) is 5.44. The summed E-state index contributed by atoms with van der Waals surface area (Å²) in [7, 11) is -3.26. The summed E-state index contributed by atoms with van der Waals surface area (Å²) in [6.07, 6.45) is 2.80. The van der Waals surface area contributed by atoms with Gasteiger partial charge in [-0.15, -0.1) is 0 Å². The van der Waals surface area contributed by atoms with Gasteiger partial charge in [0.25, 0.3) is 0 Å². The summed E-state index contributed by atoms with van der Waals surface area (Å²) in [5, 5.41) is 5.90. The first-order valence-electron chi connectivity index (χ1n) is 6.75. The molecule has 0 aromatic rings. The van der Waals surface area contributed by atoms with Crippen molar-refractivity contribution in [2.45, 2.75) is 38.3 Å². The van der Waals surface area contributed by atoms with Crippen LogP contribution in [0.15, 0.2) is 0 Å². The summed E-state index contributed by atoms with van der Waals surface area (Å²) in [5.41, 5.74) is -0.632.